The summed E-state index contributed by atoms with van der Waals surface area (Å²) in [5.41, 5.74) is 0. The molecule has 0 spiro atoms. The maximum Gasteiger partial charge on any atom is 0.255 e. The molecule has 2 atom stereocenters. The standard InChI is InChI=1S/C10H15ClN2O2/c1-2-7(11)9-12-10(15-13-9)8-5-3-4-6-14-8/h7-8H,2-6H2,1H3. The summed E-state index contributed by atoms with van der Waals surface area (Å²) in [6.45, 7) is 2.77. The summed E-state index contributed by atoms with van der Waals surface area (Å²) < 4.78 is 10.7. The van der Waals surface area contributed by atoms with Gasteiger partial charge in [-0.05, 0) is 25.7 Å². The first-order chi connectivity index (χ1) is 7.31. The van der Waals surface area contributed by atoms with Crippen LogP contribution in [-0.2, 0) is 4.74 Å². The summed E-state index contributed by atoms with van der Waals surface area (Å²) in [7, 11) is 0. The van der Waals surface area contributed by atoms with Crippen LogP contribution in [0, 0.1) is 0 Å². The molecule has 2 rings (SSSR count). The van der Waals surface area contributed by atoms with Crippen LogP contribution < -0.4 is 0 Å². The van der Waals surface area contributed by atoms with Gasteiger partial charge in [-0.25, -0.2) is 0 Å². The summed E-state index contributed by atoms with van der Waals surface area (Å²) in [5.74, 6) is 1.15. The normalized spacial score (nSPS) is 24.0. The summed E-state index contributed by atoms with van der Waals surface area (Å²) in [6, 6.07) is 0. The fourth-order valence-corrected chi connectivity index (χ4v) is 1.71. The number of hydrogen-bond donors (Lipinski definition) is 0. The van der Waals surface area contributed by atoms with Crippen LogP contribution in [0.25, 0.3) is 0 Å². The Morgan fingerprint density at radius 1 is 1.53 bits per heavy atom. The Morgan fingerprint density at radius 2 is 2.40 bits per heavy atom. The van der Waals surface area contributed by atoms with Crippen molar-refractivity contribution in [1.82, 2.24) is 10.1 Å². The third-order valence-corrected chi connectivity index (χ3v) is 3.05. The molecule has 1 aliphatic rings. The lowest BCUT2D eigenvalue weighted by Crippen LogP contribution is -2.11. The van der Waals surface area contributed by atoms with Gasteiger partial charge in [0.25, 0.3) is 5.89 Å². The second-order valence-corrected chi connectivity index (χ2v) is 4.25. The van der Waals surface area contributed by atoms with Crippen molar-refractivity contribution in [2.45, 2.75) is 44.1 Å². The van der Waals surface area contributed by atoms with E-state index in [2.05, 4.69) is 10.1 Å². The molecular weight excluding hydrogens is 216 g/mol. The Bertz CT molecular complexity index is 310. The molecule has 0 N–H and O–H groups in total. The highest BCUT2D eigenvalue weighted by Gasteiger charge is 2.23. The van der Waals surface area contributed by atoms with Crippen LogP contribution in [0.3, 0.4) is 0 Å². The van der Waals surface area contributed by atoms with E-state index in [9.17, 15) is 0 Å². The highest BCUT2D eigenvalue weighted by Crippen LogP contribution is 2.28. The van der Waals surface area contributed by atoms with Crippen LogP contribution in [0.15, 0.2) is 4.52 Å². The molecule has 0 saturated carbocycles. The van der Waals surface area contributed by atoms with Crippen molar-refractivity contribution in [3.05, 3.63) is 11.7 Å². The molecule has 0 aliphatic carbocycles. The Hall–Kier alpha value is -0.610. The lowest BCUT2D eigenvalue weighted by atomic mass is 10.1. The van der Waals surface area contributed by atoms with Crippen LogP contribution in [0.2, 0.25) is 0 Å². The van der Waals surface area contributed by atoms with Crippen LogP contribution in [0.5, 0.6) is 0 Å². The molecule has 0 bridgehead atoms. The number of hydrogen-bond acceptors (Lipinski definition) is 4. The zero-order chi connectivity index (χ0) is 10.7. The molecule has 0 amide bonds. The zero-order valence-corrected chi connectivity index (χ0v) is 9.54. The first-order valence-corrected chi connectivity index (χ1v) is 5.84. The van der Waals surface area contributed by atoms with Crippen molar-refractivity contribution in [1.29, 1.82) is 0 Å². The molecule has 1 fully saturated rings. The number of ether oxygens (including phenoxy) is 1. The number of aromatic nitrogens is 2. The highest BCUT2D eigenvalue weighted by molar-refractivity contribution is 6.20. The topological polar surface area (TPSA) is 48.2 Å². The SMILES string of the molecule is CCC(Cl)c1noc(C2CCCCO2)n1. The van der Waals surface area contributed by atoms with Crippen molar-refractivity contribution in [2.75, 3.05) is 6.61 Å². The van der Waals surface area contributed by atoms with E-state index in [4.69, 9.17) is 20.9 Å². The average Bonchev–Trinajstić information content (AvgIpc) is 2.78. The van der Waals surface area contributed by atoms with E-state index >= 15 is 0 Å². The van der Waals surface area contributed by atoms with Gasteiger partial charge in [-0.15, -0.1) is 11.6 Å². The first-order valence-electron chi connectivity index (χ1n) is 5.40. The van der Waals surface area contributed by atoms with Crippen LogP contribution in [-0.4, -0.2) is 16.7 Å². The lowest BCUT2D eigenvalue weighted by molar-refractivity contribution is -0.00459. The molecule has 84 valence electrons. The van der Waals surface area contributed by atoms with Gasteiger partial charge in [0.2, 0.25) is 0 Å². The predicted molar refractivity (Wildman–Crippen MR) is 55.7 cm³/mol. The third kappa shape index (κ3) is 2.49. The van der Waals surface area contributed by atoms with Crippen molar-refractivity contribution >= 4 is 11.6 Å². The molecule has 15 heavy (non-hydrogen) atoms. The van der Waals surface area contributed by atoms with E-state index < -0.39 is 0 Å². The average molecular weight is 231 g/mol. The van der Waals surface area contributed by atoms with Crippen molar-refractivity contribution < 1.29 is 9.26 Å². The van der Waals surface area contributed by atoms with Crippen LogP contribution in [0.4, 0.5) is 0 Å². The van der Waals surface area contributed by atoms with Gasteiger partial charge in [0.05, 0.1) is 5.38 Å². The molecule has 0 aromatic carbocycles. The van der Waals surface area contributed by atoms with Gasteiger partial charge in [0.15, 0.2) is 5.82 Å². The van der Waals surface area contributed by atoms with E-state index in [0.29, 0.717) is 11.7 Å². The quantitative estimate of drug-likeness (QED) is 0.749. The van der Waals surface area contributed by atoms with Gasteiger partial charge in [-0.2, -0.15) is 4.98 Å². The van der Waals surface area contributed by atoms with Crippen molar-refractivity contribution in [3.8, 4) is 0 Å². The number of nitrogens with zero attached hydrogens (tertiary/aromatic N) is 2. The Morgan fingerprint density at radius 3 is 3.07 bits per heavy atom. The highest BCUT2D eigenvalue weighted by atomic mass is 35.5. The molecule has 4 nitrogen and oxygen atoms in total. The van der Waals surface area contributed by atoms with Crippen LogP contribution in [0.1, 0.15) is 55.8 Å². The molecule has 5 heteroatoms. The largest absolute Gasteiger partial charge is 0.368 e. The summed E-state index contributed by atoms with van der Waals surface area (Å²) in [6.07, 6.45) is 4.00. The van der Waals surface area contributed by atoms with E-state index in [1.807, 2.05) is 6.92 Å². The first kappa shape index (κ1) is 10.9. The third-order valence-electron chi connectivity index (χ3n) is 2.55. The molecular formula is C10H15ClN2O2. The van der Waals surface area contributed by atoms with Gasteiger partial charge < -0.3 is 9.26 Å². The molecule has 1 aromatic rings. The van der Waals surface area contributed by atoms with Crippen LogP contribution >= 0.6 is 11.6 Å². The fourth-order valence-electron chi connectivity index (χ4n) is 1.62. The number of halogens is 1. The minimum absolute atomic E-state index is 0.0271. The molecule has 1 aliphatic heterocycles. The van der Waals surface area contributed by atoms with E-state index in [1.54, 1.807) is 0 Å². The molecule has 0 radical (unpaired) electrons. The maximum atomic E-state index is 6.02. The Labute approximate surface area is 93.9 Å². The molecule has 2 heterocycles. The summed E-state index contributed by atoms with van der Waals surface area (Å²) in [4.78, 5) is 4.27. The maximum absolute atomic E-state index is 6.02. The summed E-state index contributed by atoms with van der Waals surface area (Å²) in [5, 5.41) is 3.70. The predicted octanol–water partition coefficient (Wildman–Crippen LogP) is 3.00. The van der Waals surface area contributed by atoms with E-state index in [-0.39, 0.29) is 11.5 Å². The second-order valence-electron chi connectivity index (χ2n) is 3.72. The smallest absolute Gasteiger partial charge is 0.255 e. The van der Waals surface area contributed by atoms with Crippen molar-refractivity contribution in [2.24, 2.45) is 0 Å². The van der Waals surface area contributed by atoms with E-state index in [1.165, 1.54) is 0 Å². The van der Waals surface area contributed by atoms with Gasteiger partial charge >= 0.3 is 0 Å². The minimum Gasteiger partial charge on any atom is -0.368 e. The minimum atomic E-state index is -0.161. The lowest BCUT2D eigenvalue weighted by Gasteiger charge is -2.18. The van der Waals surface area contributed by atoms with E-state index in [0.717, 1.165) is 32.3 Å². The second kappa shape index (κ2) is 4.94. The Kier molecular flexibility index (Phi) is 3.59. The van der Waals surface area contributed by atoms with Gasteiger partial charge in [0.1, 0.15) is 6.10 Å². The molecule has 1 aromatic heterocycles. The van der Waals surface area contributed by atoms with Gasteiger partial charge in [-0.1, -0.05) is 12.1 Å². The molecule has 2 unspecified atom stereocenters. The van der Waals surface area contributed by atoms with Gasteiger partial charge in [0, 0.05) is 6.61 Å². The molecule has 1 saturated heterocycles. The van der Waals surface area contributed by atoms with Gasteiger partial charge in [-0.3, -0.25) is 0 Å². The fraction of sp³-hybridized carbons (Fsp3) is 0.800. The number of alkyl halides is 1. The zero-order valence-electron chi connectivity index (χ0n) is 8.78. The Balaban J connectivity index is 2.05. The summed E-state index contributed by atoms with van der Waals surface area (Å²) >= 11 is 6.02. The number of rotatable bonds is 3. The van der Waals surface area contributed by atoms with Crippen molar-refractivity contribution in [3.63, 3.8) is 0 Å². The monoisotopic (exact) mass is 230 g/mol.